The molecule has 0 aliphatic rings. The van der Waals surface area contributed by atoms with Crippen LogP contribution in [0.2, 0.25) is 0 Å². The summed E-state index contributed by atoms with van der Waals surface area (Å²) in [5.41, 5.74) is 4.89. The van der Waals surface area contributed by atoms with Gasteiger partial charge in [-0.2, -0.15) is 0 Å². The molecule has 0 amide bonds. The second kappa shape index (κ2) is 9.77. The summed E-state index contributed by atoms with van der Waals surface area (Å²) in [4.78, 5) is 23.6. The molecule has 1 atom stereocenters. The van der Waals surface area contributed by atoms with Crippen molar-refractivity contribution in [2.75, 3.05) is 5.32 Å². The zero-order valence-electron chi connectivity index (χ0n) is 19.1. The van der Waals surface area contributed by atoms with E-state index in [0.717, 1.165) is 17.7 Å². The Morgan fingerprint density at radius 3 is 2.03 bits per heavy atom. The lowest BCUT2D eigenvalue weighted by molar-refractivity contribution is -0.384. The van der Waals surface area contributed by atoms with Gasteiger partial charge in [0, 0.05) is 29.8 Å². The second-order valence-corrected chi connectivity index (χ2v) is 9.05. The van der Waals surface area contributed by atoms with Gasteiger partial charge in [-0.05, 0) is 40.7 Å². The third-order valence-corrected chi connectivity index (χ3v) is 5.67. The molecule has 5 nitrogen and oxygen atoms in total. The Hall–Kier alpha value is -3.47. The lowest BCUT2D eigenvalue weighted by atomic mass is 9.86. The molecule has 0 aliphatic carbocycles. The summed E-state index contributed by atoms with van der Waals surface area (Å²) in [6.07, 6.45) is 1.22. The number of carbonyl (C=O) groups excluding carboxylic acids is 1. The van der Waals surface area contributed by atoms with Gasteiger partial charge in [0.2, 0.25) is 0 Å². The first kappa shape index (κ1) is 23.2. The number of nitro groups is 1. The van der Waals surface area contributed by atoms with Gasteiger partial charge >= 0.3 is 0 Å². The highest BCUT2D eigenvalue weighted by Gasteiger charge is 2.19. The number of benzene rings is 3. The van der Waals surface area contributed by atoms with E-state index in [1.54, 1.807) is 12.1 Å². The molecule has 0 aliphatic heterocycles. The Labute approximate surface area is 189 Å². The van der Waals surface area contributed by atoms with Crippen LogP contribution in [0.3, 0.4) is 0 Å². The Kier molecular flexibility index (Phi) is 7.08. The lowest BCUT2D eigenvalue weighted by Crippen LogP contribution is -2.16. The van der Waals surface area contributed by atoms with E-state index in [1.807, 2.05) is 36.4 Å². The molecule has 0 radical (unpaired) electrons. The van der Waals surface area contributed by atoms with Crippen molar-refractivity contribution in [1.29, 1.82) is 0 Å². The predicted molar refractivity (Wildman–Crippen MR) is 129 cm³/mol. The number of aryl methyl sites for hydroxylation is 1. The maximum Gasteiger partial charge on any atom is 0.269 e. The van der Waals surface area contributed by atoms with Crippen molar-refractivity contribution in [2.24, 2.45) is 0 Å². The molecule has 0 bridgehead atoms. The minimum atomic E-state index is -0.421. The highest BCUT2D eigenvalue weighted by molar-refractivity contribution is 5.96. The molecular formula is C27H30N2O3. The van der Waals surface area contributed by atoms with Gasteiger partial charge in [-0.1, -0.05) is 76.2 Å². The number of carbonyl (C=O) groups is 1. The number of nitro benzene ring substituents is 1. The third kappa shape index (κ3) is 5.82. The molecule has 166 valence electrons. The molecule has 32 heavy (non-hydrogen) atoms. The van der Waals surface area contributed by atoms with Crippen LogP contribution in [0.15, 0.2) is 72.8 Å². The van der Waals surface area contributed by atoms with Crippen LogP contribution in [0.5, 0.6) is 0 Å². The smallest absolute Gasteiger partial charge is 0.269 e. The summed E-state index contributed by atoms with van der Waals surface area (Å²) in [5, 5.41) is 14.3. The SMILES string of the molecule is CCc1ccc([C@H](CC(=O)c2ccc(C(C)(C)C)cc2)Nc2ccc([N+](=O)[O-])cc2)cc1. The number of ketones is 1. The van der Waals surface area contributed by atoms with Gasteiger partial charge in [0.25, 0.3) is 5.69 Å². The van der Waals surface area contributed by atoms with Crippen molar-refractivity contribution in [3.8, 4) is 0 Å². The summed E-state index contributed by atoms with van der Waals surface area (Å²) >= 11 is 0. The molecule has 3 aromatic rings. The van der Waals surface area contributed by atoms with E-state index in [-0.39, 0.29) is 29.3 Å². The summed E-state index contributed by atoms with van der Waals surface area (Å²) < 4.78 is 0. The molecule has 0 aromatic heterocycles. The first-order chi connectivity index (χ1) is 15.2. The van der Waals surface area contributed by atoms with E-state index < -0.39 is 4.92 Å². The van der Waals surface area contributed by atoms with Gasteiger partial charge in [-0.25, -0.2) is 0 Å². The van der Waals surface area contributed by atoms with Crippen LogP contribution >= 0.6 is 0 Å². The fourth-order valence-electron chi connectivity index (χ4n) is 3.58. The molecule has 3 aromatic carbocycles. The first-order valence-electron chi connectivity index (χ1n) is 10.9. The average Bonchev–Trinajstić information content (AvgIpc) is 2.78. The van der Waals surface area contributed by atoms with Gasteiger partial charge in [0.15, 0.2) is 5.78 Å². The maximum absolute atomic E-state index is 13.1. The Bertz CT molecular complexity index is 1060. The molecule has 0 fully saturated rings. The molecule has 0 spiro atoms. The molecule has 5 heteroatoms. The minimum Gasteiger partial charge on any atom is -0.378 e. The van der Waals surface area contributed by atoms with Crippen LogP contribution in [0.1, 0.15) is 67.2 Å². The molecule has 0 saturated heterocycles. The Morgan fingerprint density at radius 1 is 0.938 bits per heavy atom. The predicted octanol–water partition coefficient (Wildman–Crippen LogP) is 6.88. The Morgan fingerprint density at radius 2 is 1.53 bits per heavy atom. The number of hydrogen-bond donors (Lipinski definition) is 1. The Balaban J connectivity index is 1.84. The molecule has 0 heterocycles. The summed E-state index contributed by atoms with van der Waals surface area (Å²) in [7, 11) is 0. The summed E-state index contributed by atoms with van der Waals surface area (Å²) in [6, 6.07) is 22.1. The summed E-state index contributed by atoms with van der Waals surface area (Å²) in [6.45, 7) is 8.54. The number of nitrogens with zero attached hydrogens (tertiary/aromatic N) is 1. The van der Waals surface area contributed by atoms with Gasteiger partial charge < -0.3 is 5.32 Å². The highest BCUT2D eigenvalue weighted by atomic mass is 16.6. The molecular weight excluding hydrogens is 400 g/mol. The van der Waals surface area contributed by atoms with Crippen LogP contribution in [-0.4, -0.2) is 10.7 Å². The lowest BCUT2D eigenvalue weighted by Gasteiger charge is -2.21. The third-order valence-electron chi connectivity index (χ3n) is 5.67. The number of anilines is 1. The van der Waals surface area contributed by atoms with Crippen molar-refractivity contribution in [2.45, 2.75) is 52.0 Å². The normalized spacial score (nSPS) is 12.2. The van der Waals surface area contributed by atoms with Crippen LogP contribution in [0, 0.1) is 10.1 Å². The fourth-order valence-corrected chi connectivity index (χ4v) is 3.58. The second-order valence-electron chi connectivity index (χ2n) is 9.05. The fraction of sp³-hybridized carbons (Fsp3) is 0.296. The molecule has 1 N–H and O–H groups in total. The number of rotatable bonds is 8. The molecule has 0 saturated carbocycles. The average molecular weight is 431 g/mol. The first-order valence-corrected chi connectivity index (χ1v) is 10.9. The summed E-state index contributed by atoms with van der Waals surface area (Å²) in [5.74, 6) is 0.0458. The zero-order valence-corrected chi connectivity index (χ0v) is 19.1. The van der Waals surface area contributed by atoms with Crippen molar-refractivity contribution in [3.05, 3.63) is 105 Å². The van der Waals surface area contributed by atoms with E-state index >= 15 is 0 Å². The largest absolute Gasteiger partial charge is 0.378 e. The van der Waals surface area contributed by atoms with Gasteiger partial charge in [-0.15, -0.1) is 0 Å². The standard InChI is InChI=1S/C27H30N2O3/c1-5-19-6-8-20(9-7-19)25(28-23-14-16-24(17-15-23)29(31)32)18-26(30)21-10-12-22(13-11-21)27(2,3)4/h6-17,25,28H,5,18H2,1-4H3/t25-/m0/s1. The number of Topliss-reactive ketones (excluding diaryl/α,β-unsaturated/α-hetero) is 1. The van der Waals surface area contributed by atoms with Crippen molar-refractivity contribution in [1.82, 2.24) is 0 Å². The topological polar surface area (TPSA) is 72.2 Å². The molecule has 0 unspecified atom stereocenters. The quantitative estimate of drug-likeness (QED) is 0.240. The van der Waals surface area contributed by atoms with Crippen molar-refractivity contribution < 1.29 is 9.72 Å². The van der Waals surface area contributed by atoms with Gasteiger partial charge in [-0.3, -0.25) is 14.9 Å². The van der Waals surface area contributed by atoms with Gasteiger partial charge in [0.1, 0.15) is 0 Å². The van der Waals surface area contributed by atoms with Crippen molar-refractivity contribution >= 4 is 17.2 Å². The van der Waals surface area contributed by atoms with Crippen LogP contribution < -0.4 is 5.32 Å². The van der Waals surface area contributed by atoms with E-state index in [0.29, 0.717) is 5.56 Å². The van der Waals surface area contributed by atoms with E-state index in [4.69, 9.17) is 0 Å². The zero-order chi connectivity index (χ0) is 23.3. The van der Waals surface area contributed by atoms with Crippen LogP contribution in [0.25, 0.3) is 0 Å². The minimum absolute atomic E-state index is 0.0304. The van der Waals surface area contributed by atoms with Crippen molar-refractivity contribution in [3.63, 3.8) is 0 Å². The van der Waals surface area contributed by atoms with Crippen LogP contribution in [-0.2, 0) is 11.8 Å². The monoisotopic (exact) mass is 430 g/mol. The van der Waals surface area contributed by atoms with Crippen LogP contribution in [0.4, 0.5) is 11.4 Å². The molecule has 3 rings (SSSR count). The number of nitrogens with one attached hydrogen (secondary N) is 1. The van der Waals surface area contributed by atoms with Gasteiger partial charge in [0.05, 0.1) is 11.0 Å². The van der Waals surface area contributed by atoms with E-state index in [1.165, 1.54) is 23.3 Å². The maximum atomic E-state index is 13.1. The number of non-ortho nitro benzene ring substituents is 1. The van der Waals surface area contributed by atoms with E-state index in [2.05, 4.69) is 45.1 Å². The van der Waals surface area contributed by atoms with E-state index in [9.17, 15) is 14.9 Å². The number of hydrogen-bond acceptors (Lipinski definition) is 4. The highest BCUT2D eigenvalue weighted by Crippen LogP contribution is 2.27.